The molecular formula is C8H10Cl2O2. The van der Waals surface area contributed by atoms with Crippen molar-refractivity contribution in [1.29, 1.82) is 0 Å². The number of hydrogen-bond acceptors (Lipinski definition) is 2. The Balaban J connectivity index is 0.000000354. The molecule has 1 N–H and O–H groups in total. The SMILES string of the molecule is COC.Oc1cccc(Cl)c1Cl. The number of benzene rings is 1. The van der Waals surface area contributed by atoms with Gasteiger partial charge in [0.15, 0.2) is 0 Å². The minimum atomic E-state index is 0.0177. The Morgan fingerprint density at radius 2 is 1.75 bits per heavy atom. The molecule has 1 aromatic carbocycles. The third kappa shape index (κ3) is 3.81. The zero-order chi connectivity index (χ0) is 9.56. The van der Waals surface area contributed by atoms with Crippen molar-refractivity contribution in [3.8, 4) is 5.75 Å². The smallest absolute Gasteiger partial charge is 0.135 e. The number of halogens is 2. The minimum absolute atomic E-state index is 0.0177. The minimum Gasteiger partial charge on any atom is -0.506 e. The number of ether oxygens (including phenoxy) is 1. The Bertz CT molecular complexity index is 218. The second-order valence-electron chi connectivity index (χ2n) is 1.98. The van der Waals surface area contributed by atoms with Gasteiger partial charge in [0.25, 0.3) is 0 Å². The number of hydrogen-bond donors (Lipinski definition) is 1. The molecule has 1 aromatic rings. The van der Waals surface area contributed by atoms with E-state index in [1.165, 1.54) is 6.07 Å². The zero-order valence-corrected chi connectivity index (χ0v) is 8.36. The fourth-order valence-electron chi connectivity index (χ4n) is 0.492. The van der Waals surface area contributed by atoms with Crippen LogP contribution in [0.25, 0.3) is 0 Å². The van der Waals surface area contributed by atoms with Crippen molar-refractivity contribution in [1.82, 2.24) is 0 Å². The molecule has 0 spiro atoms. The molecule has 0 unspecified atom stereocenters. The van der Waals surface area contributed by atoms with Crippen molar-refractivity contribution in [2.24, 2.45) is 0 Å². The number of aromatic hydroxyl groups is 1. The lowest BCUT2D eigenvalue weighted by atomic mass is 10.3. The van der Waals surface area contributed by atoms with Crippen molar-refractivity contribution in [2.45, 2.75) is 0 Å². The summed E-state index contributed by atoms with van der Waals surface area (Å²) >= 11 is 11.0. The van der Waals surface area contributed by atoms with E-state index in [0.717, 1.165) is 0 Å². The third-order valence-corrected chi connectivity index (χ3v) is 1.74. The molecule has 0 fully saturated rings. The molecule has 1 rings (SSSR count). The average molecular weight is 209 g/mol. The largest absolute Gasteiger partial charge is 0.506 e. The van der Waals surface area contributed by atoms with Crippen molar-refractivity contribution >= 4 is 23.2 Å². The molecule has 0 saturated heterocycles. The summed E-state index contributed by atoms with van der Waals surface area (Å²) < 4.78 is 4.25. The fourth-order valence-corrected chi connectivity index (χ4v) is 0.788. The van der Waals surface area contributed by atoms with E-state index in [9.17, 15) is 0 Å². The lowest BCUT2D eigenvalue weighted by Gasteiger charge is -1.95. The summed E-state index contributed by atoms with van der Waals surface area (Å²) in [5, 5.41) is 9.46. The van der Waals surface area contributed by atoms with Crippen LogP contribution in [0.15, 0.2) is 18.2 Å². The average Bonchev–Trinajstić information content (AvgIpc) is 2.02. The standard InChI is InChI=1S/C6H4Cl2O.C2H6O/c7-4-2-1-3-5(9)6(4)8;1-3-2/h1-3,9H;1-2H3. The lowest BCUT2D eigenvalue weighted by Crippen LogP contribution is -1.67. The predicted octanol–water partition coefficient (Wildman–Crippen LogP) is 2.96. The summed E-state index contributed by atoms with van der Waals surface area (Å²) in [5.41, 5.74) is 0. The lowest BCUT2D eigenvalue weighted by molar-refractivity contribution is 0.277. The third-order valence-electron chi connectivity index (χ3n) is 0.931. The fraction of sp³-hybridized carbons (Fsp3) is 0.250. The first-order valence-electron chi connectivity index (χ1n) is 3.16. The highest BCUT2D eigenvalue weighted by Crippen LogP contribution is 2.29. The Kier molecular flexibility index (Phi) is 5.89. The van der Waals surface area contributed by atoms with E-state index in [-0.39, 0.29) is 10.8 Å². The number of rotatable bonds is 0. The van der Waals surface area contributed by atoms with Crippen LogP contribution in [-0.2, 0) is 4.74 Å². The van der Waals surface area contributed by atoms with Gasteiger partial charge < -0.3 is 9.84 Å². The molecule has 0 aliphatic carbocycles. The van der Waals surface area contributed by atoms with E-state index >= 15 is 0 Å². The molecule has 0 heterocycles. The Hall–Kier alpha value is -0.440. The molecule has 0 saturated carbocycles. The maximum Gasteiger partial charge on any atom is 0.135 e. The van der Waals surface area contributed by atoms with Crippen LogP contribution in [0.2, 0.25) is 10.0 Å². The van der Waals surface area contributed by atoms with E-state index in [2.05, 4.69) is 4.74 Å². The number of phenols is 1. The van der Waals surface area contributed by atoms with Gasteiger partial charge in [0.05, 0.1) is 5.02 Å². The van der Waals surface area contributed by atoms with E-state index in [0.29, 0.717) is 5.02 Å². The van der Waals surface area contributed by atoms with E-state index in [4.69, 9.17) is 28.3 Å². The van der Waals surface area contributed by atoms with Crippen molar-refractivity contribution in [3.63, 3.8) is 0 Å². The van der Waals surface area contributed by atoms with Gasteiger partial charge in [0.2, 0.25) is 0 Å². The predicted molar refractivity (Wildman–Crippen MR) is 51.1 cm³/mol. The molecule has 0 aromatic heterocycles. The molecule has 0 atom stereocenters. The van der Waals surface area contributed by atoms with Crippen LogP contribution in [-0.4, -0.2) is 19.3 Å². The highest BCUT2D eigenvalue weighted by Gasteiger charge is 1.99. The first-order valence-corrected chi connectivity index (χ1v) is 3.92. The number of methoxy groups -OCH3 is 1. The molecule has 68 valence electrons. The van der Waals surface area contributed by atoms with Gasteiger partial charge >= 0.3 is 0 Å². The second-order valence-corrected chi connectivity index (χ2v) is 2.77. The molecule has 0 bridgehead atoms. The monoisotopic (exact) mass is 208 g/mol. The highest BCUT2D eigenvalue weighted by molar-refractivity contribution is 6.42. The van der Waals surface area contributed by atoms with Gasteiger partial charge in [-0.2, -0.15) is 0 Å². The Labute approximate surface area is 81.7 Å². The molecule has 0 amide bonds. The Morgan fingerprint density at radius 1 is 1.25 bits per heavy atom. The summed E-state index contributed by atoms with van der Waals surface area (Å²) in [6, 6.07) is 4.72. The van der Waals surface area contributed by atoms with Crippen molar-refractivity contribution in [2.75, 3.05) is 14.2 Å². The van der Waals surface area contributed by atoms with Crippen LogP contribution in [0, 0.1) is 0 Å². The molecular weight excluding hydrogens is 199 g/mol. The van der Waals surface area contributed by atoms with Crippen LogP contribution >= 0.6 is 23.2 Å². The summed E-state index contributed by atoms with van der Waals surface area (Å²) in [5.74, 6) is 0.0177. The van der Waals surface area contributed by atoms with Gasteiger partial charge in [-0.25, -0.2) is 0 Å². The second kappa shape index (κ2) is 6.12. The van der Waals surface area contributed by atoms with Gasteiger partial charge in [-0.3, -0.25) is 0 Å². The van der Waals surface area contributed by atoms with Gasteiger partial charge in [-0.05, 0) is 12.1 Å². The molecule has 2 nitrogen and oxygen atoms in total. The summed E-state index contributed by atoms with van der Waals surface area (Å²) in [6.07, 6.45) is 0. The van der Waals surface area contributed by atoms with Gasteiger partial charge in [0, 0.05) is 14.2 Å². The van der Waals surface area contributed by atoms with Crippen molar-refractivity contribution in [3.05, 3.63) is 28.2 Å². The molecule has 0 radical (unpaired) electrons. The Morgan fingerprint density at radius 3 is 2.08 bits per heavy atom. The summed E-state index contributed by atoms with van der Waals surface area (Å²) in [7, 11) is 3.25. The highest BCUT2D eigenvalue weighted by atomic mass is 35.5. The van der Waals surface area contributed by atoms with E-state index in [1.807, 2.05) is 0 Å². The van der Waals surface area contributed by atoms with Crippen LogP contribution in [0.3, 0.4) is 0 Å². The van der Waals surface area contributed by atoms with Crippen LogP contribution < -0.4 is 0 Å². The molecule has 4 heteroatoms. The quantitative estimate of drug-likeness (QED) is 0.711. The molecule has 12 heavy (non-hydrogen) atoms. The van der Waals surface area contributed by atoms with E-state index in [1.54, 1.807) is 26.4 Å². The van der Waals surface area contributed by atoms with Gasteiger partial charge in [-0.1, -0.05) is 29.3 Å². The molecule has 0 aliphatic rings. The van der Waals surface area contributed by atoms with Crippen LogP contribution in [0.1, 0.15) is 0 Å². The van der Waals surface area contributed by atoms with Crippen LogP contribution in [0.4, 0.5) is 0 Å². The first kappa shape index (κ1) is 11.6. The van der Waals surface area contributed by atoms with Crippen molar-refractivity contribution < 1.29 is 9.84 Å². The van der Waals surface area contributed by atoms with E-state index < -0.39 is 0 Å². The first-order chi connectivity index (χ1) is 5.63. The maximum absolute atomic E-state index is 8.88. The summed E-state index contributed by atoms with van der Waals surface area (Å²) in [4.78, 5) is 0. The molecule has 0 aliphatic heterocycles. The summed E-state index contributed by atoms with van der Waals surface area (Å²) in [6.45, 7) is 0. The normalized spacial score (nSPS) is 8.67. The van der Waals surface area contributed by atoms with Crippen LogP contribution in [0.5, 0.6) is 5.75 Å². The van der Waals surface area contributed by atoms with Gasteiger partial charge in [-0.15, -0.1) is 0 Å². The topological polar surface area (TPSA) is 29.5 Å². The maximum atomic E-state index is 8.88. The number of phenolic OH excluding ortho intramolecular Hbond substituents is 1. The van der Waals surface area contributed by atoms with Gasteiger partial charge in [0.1, 0.15) is 10.8 Å². The zero-order valence-electron chi connectivity index (χ0n) is 6.84.